The second-order valence-corrected chi connectivity index (χ2v) is 13.1. The quantitative estimate of drug-likeness (QED) is 0.420. The van der Waals surface area contributed by atoms with Gasteiger partial charge in [-0.1, -0.05) is 93.6 Å². The third-order valence-corrected chi connectivity index (χ3v) is 11.0. The van der Waals surface area contributed by atoms with Gasteiger partial charge in [-0.15, -0.1) is 0 Å². The third-order valence-electron chi connectivity index (χ3n) is 6.01. The number of halogens is 2. The maximum absolute atomic E-state index is 15.1. The summed E-state index contributed by atoms with van der Waals surface area (Å²) in [6.45, 7) is 5.43. The minimum Gasteiger partial charge on any atom is -0.468 e. The Balaban J connectivity index is 2.18. The van der Waals surface area contributed by atoms with E-state index in [0.717, 1.165) is 29.6 Å². The average Bonchev–Trinajstić information content (AvgIpc) is 2.98. The number of methoxy groups -OCH3 is 1. The molecular formula is C24H28F2O4Si. The first kappa shape index (κ1) is 23.3. The van der Waals surface area contributed by atoms with Gasteiger partial charge in [0.15, 0.2) is 5.41 Å². The molecule has 0 amide bonds. The van der Waals surface area contributed by atoms with Crippen LogP contribution in [0.5, 0.6) is 0 Å². The van der Waals surface area contributed by atoms with Crippen molar-refractivity contribution in [1.29, 1.82) is 0 Å². The number of aliphatic hydroxyl groups excluding tert-OH is 1. The van der Waals surface area contributed by atoms with Gasteiger partial charge in [0, 0.05) is 0 Å². The lowest BCUT2D eigenvalue weighted by Gasteiger charge is -2.45. The van der Waals surface area contributed by atoms with Gasteiger partial charge in [-0.25, -0.2) is 8.78 Å². The van der Waals surface area contributed by atoms with Gasteiger partial charge in [-0.05, 0) is 15.4 Å². The number of hydrogen-bond acceptors (Lipinski definition) is 4. The molecule has 166 valence electrons. The van der Waals surface area contributed by atoms with Crippen LogP contribution in [0.3, 0.4) is 0 Å². The summed E-state index contributed by atoms with van der Waals surface area (Å²) >= 11 is 0. The van der Waals surface area contributed by atoms with Crippen LogP contribution >= 0.6 is 0 Å². The van der Waals surface area contributed by atoms with Crippen molar-refractivity contribution in [2.45, 2.75) is 37.8 Å². The lowest BCUT2D eigenvalue weighted by atomic mass is 9.84. The van der Waals surface area contributed by atoms with Gasteiger partial charge in [0.25, 0.3) is 14.2 Å². The summed E-state index contributed by atoms with van der Waals surface area (Å²) in [5.74, 6) is -4.89. The van der Waals surface area contributed by atoms with E-state index >= 15 is 8.78 Å². The van der Waals surface area contributed by atoms with Crippen molar-refractivity contribution in [1.82, 2.24) is 0 Å². The molecule has 1 N–H and O–H groups in total. The maximum Gasteiger partial charge on any atom is 0.324 e. The standard InChI is InChI=1S/C24H28F2O4Si/c1-22(2,3)31(18-11-7-5-8-12-18,19-13-9-6-10-14-19)30-17-23(21(28)29-4)16-15-20(27)24(23,25)26/h5-16,20,27H,17H2,1-4H3/t20-,23-/m0/s1. The molecule has 2 atom stereocenters. The molecule has 2 aromatic carbocycles. The zero-order valence-corrected chi connectivity index (χ0v) is 19.1. The molecular weight excluding hydrogens is 418 g/mol. The van der Waals surface area contributed by atoms with Crippen LogP contribution in [0, 0.1) is 5.41 Å². The summed E-state index contributed by atoms with van der Waals surface area (Å²) in [4.78, 5) is 12.6. The number of alkyl halides is 2. The second-order valence-electron chi connectivity index (χ2n) is 8.84. The molecule has 2 aromatic rings. The number of benzene rings is 2. The summed E-state index contributed by atoms with van der Waals surface area (Å²) in [5.41, 5.74) is -2.41. The van der Waals surface area contributed by atoms with Gasteiger partial charge in [0.05, 0.1) is 13.7 Å². The summed E-state index contributed by atoms with van der Waals surface area (Å²) in [7, 11) is -2.11. The van der Waals surface area contributed by atoms with E-state index in [1.165, 1.54) is 0 Å². The predicted octanol–water partition coefficient (Wildman–Crippen LogP) is 3.29. The van der Waals surface area contributed by atoms with Gasteiger partial charge in [0.2, 0.25) is 0 Å². The molecule has 0 fully saturated rings. The van der Waals surface area contributed by atoms with Crippen LogP contribution in [-0.2, 0) is 14.0 Å². The molecule has 0 radical (unpaired) electrons. The van der Waals surface area contributed by atoms with Crippen LogP contribution < -0.4 is 10.4 Å². The SMILES string of the molecule is COC(=O)[C@@]1(CO[Si](c2ccccc2)(c2ccccc2)C(C)(C)C)C=C[C@H](O)C1(F)F. The van der Waals surface area contributed by atoms with Crippen LogP contribution in [-0.4, -0.2) is 45.1 Å². The van der Waals surface area contributed by atoms with E-state index in [0.29, 0.717) is 0 Å². The number of carbonyl (C=O) groups is 1. The Morgan fingerprint density at radius 2 is 1.52 bits per heavy atom. The fourth-order valence-electron chi connectivity index (χ4n) is 4.32. The number of rotatable bonds is 6. The number of aliphatic hydroxyl groups is 1. The van der Waals surface area contributed by atoms with Gasteiger partial charge >= 0.3 is 5.97 Å². The Morgan fingerprint density at radius 1 is 1.03 bits per heavy atom. The first-order valence-electron chi connectivity index (χ1n) is 10.1. The van der Waals surface area contributed by atoms with Crippen molar-refractivity contribution < 1.29 is 27.8 Å². The van der Waals surface area contributed by atoms with Gasteiger partial charge in [-0.2, -0.15) is 0 Å². The summed E-state index contributed by atoms with van der Waals surface area (Å²) in [6, 6.07) is 19.1. The van der Waals surface area contributed by atoms with E-state index in [-0.39, 0.29) is 0 Å². The molecule has 0 spiro atoms. The van der Waals surface area contributed by atoms with Gasteiger partial charge in [0.1, 0.15) is 6.10 Å². The highest BCUT2D eigenvalue weighted by atomic mass is 28.4. The summed E-state index contributed by atoms with van der Waals surface area (Å²) < 4.78 is 41.5. The highest BCUT2D eigenvalue weighted by Gasteiger charge is 2.66. The van der Waals surface area contributed by atoms with Gasteiger partial charge < -0.3 is 14.3 Å². The lowest BCUT2D eigenvalue weighted by Crippen LogP contribution is -2.68. The zero-order chi connectivity index (χ0) is 22.9. The van der Waals surface area contributed by atoms with Gasteiger partial charge in [-0.3, -0.25) is 4.79 Å². The largest absolute Gasteiger partial charge is 0.468 e. The zero-order valence-electron chi connectivity index (χ0n) is 18.1. The monoisotopic (exact) mass is 446 g/mol. The molecule has 7 heteroatoms. The minimum atomic E-state index is -3.76. The molecule has 0 saturated carbocycles. The first-order valence-corrected chi connectivity index (χ1v) is 12.0. The maximum atomic E-state index is 15.1. The number of ether oxygens (including phenoxy) is 1. The minimum absolute atomic E-state index is 0.455. The molecule has 0 aromatic heterocycles. The molecule has 0 heterocycles. The van der Waals surface area contributed by atoms with E-state index < -0.39 is 43.4 Å². The van der Waals surface area contributed by atoms with Crippen LogP contribution in [0.1, 0.15) is 20.8 Å². The van der Waals surface area contributed by atoms with E-state index in [4.69, 9.17) is 9.16 Å². The fraction of sp³-hybridized carbons (Fsp3) is 0.375. The van der Waals surface area contributed by atoms with Crippen molar-refractivity contribution in [2.75, 3.05) is 13.7 Å². The molecule has 0 bridgehead atoms. The second kappa shape index (κ2) is 8.30. The number of hydrogen-bond donors (Lipinski definition) is 1. The van der Waals surface area contributed by atoms with E-state index in [1.807, 2.05) is 81.4 Å². The smallest absolute Gasteiger partial charge is 0.324 e. The van der Waals surface area contributed by atoms with E-state index in [2.05, 4.69) is 0 Å². The molecule has 1 aliphatic rings. The average molecular weight is 447 g/mol. The van der Waals surface area contributed by atoms with Crippen molar-refractivity contribution in [3.8, 4) is 0 Å². The molecule has 0 saturated heterocycles. The molecule has 4 nitrogen and oxygen atoms in total. The molecule has 3 rings (SSSR count). The van der Waals surface area contributed by atoms with Crippen LogP contribution in [0.15, 0.2) is 72.8 Å². The third kappa shape index (κ3) is 3.64. The molecule has 0 unspecified atom stereocenters. The topological polar surface area (TPSA) is 55.8 Å². The van der Waals surface area contributed by atoms with Crippen LogP contribution in [0.25, 0.3) is 0 Å². The van der Waals surface area contributed by atoms with E-state index in [1.54, 1.807) is 0 Å². The Kier molecular flexibility index (Phi) is 6.24. The lowest BCUT2D eigenvalue weighted by molar-refractivity contribution is -0.191. The Morgan fingerprint density at radius 3 is 1.87 bits per heavy atom. The molecule has 0 aliphatic heterocycles. The van der Waals surface area contributed by atoms with Crippen LogP contribution in [0.2, 0.25) is 5.04 Å². The molecule has 31 heavy (non-hydrogen) atoms. The number of esters is 1. The first-order chi connectivity index (χ1) is 14.5. The Labute approximate surface area is 182 Å². The molecule has 1 aliphatic carbocycles. The van der Waals surface area contributed by atoms with Crippen molar-refractivity contribution >= 4 is 24.7 Å². The van der Waals surface area contributed by atoms with Crippen molar-refractivity contribution in [3.05, 3.63) is 72.8 Å². The number of carbonyl (C=O) groups excluding carboxylic acids is 1. The fourth-order valence-corrected chi connectivity index (χ4v) is 8.92. The Hall–Kier alpha value is -2.35. The normalized spacial score (nSPS) is 23.0. The predicted molar refractivity (Wildman–Crippen MR) is 118 cm³/mol. The summed E-state index contributed by atoms with van der Waals surface area (Å²) in [5, 5.41) is 11.2. The van der Waals surface area contributed by atoms with Crippen molar-refractivity contribution in [2.24, 2.45) is 5.41 Å². The van der Waals surface area contributed by atoms with Crippen molar-refractivity contribution in [3.63, 3.8) is 0 Å². The summed E-state index contributed by atoms with van der Waals surface area (Å²) in [6.07, 6.45) is -0.123. The highest BCUT2D eigenvalue weighted by Crippen LogP contribution is 2.48. The Bertz CT molecular complexity index is 902. The van der Waals surface area contributed by atoms with Crippen LogP contribution in [0.4, 0.5) is 8.78 Å². The highest BCUT2D eigenvalue weighted by molar-refractivity contribution is 6.99. The van der Waals surface area contributed by atoms with E-state index in [9.17, 15) is 9.90 Å².